The molecule has 2 atom stereocenters. The summed E-state index contributed by atoms with van der Waals surface area (Å²) in [6.07, 6.45) is 5.10. The average Bonchev–Trinajstić information content (AvgIpc) is 2.80. The molecule has 1 aliphatic carbocycles. The number of nitrogens with zero attached hydrogens (tertiary/aromatic N) is 2. The van der Waals surface area contributed by atoms with Crippen LogP contribution >= 0.6 is 27.5 Å². The van der Waals surface area contributed by atoms with Gasteiger partial charge in [0.05, 0.1) is 29.5 Å². The average molecular weight is 322 g/mol. The number of hydrogen-bond acceptors (Lipinski definition) is 2. The van der Waals surface area contributed by atoms with Crippen molar-refractivity contribution in [3.63, 3.8) is 0 Å². The van der Waals surface area contributed by atoms with E-state index < -0.39 is 0 Å². The van der Waals surface area contributed by atoms with E-state index in [-0.39, 0.29) is 10.8 Å². The number of ether oxygens (including phenoxy) is 1. The summed E-state index contributed by atoms with van der Waals surface area (Å²) < 4.78 is 8.25. The second-order valence-electron chi connectivity index (χ2n) is 4.96. The summed E-state index contributed by atoms with van der Waals surface area (Å²) in [5.74, 6) is 0. The van der Waals surface area contributed by atoms with Gasteiger partial charge < -0.3 is 4.74 Å². The first kappa shape index (κ1) is 13.4. The summed E-state index contributed by atoms with van der Waals surface area (Å²) in [7, 11) is 1.71. The van der Waals surface area contributed by atoms with Crippen LogP contribution in [0.25, 0.3) is 0 Å². The van der Waals surface area contributed by atoms with Crippen molar-refractivity contribution in [1.29, 1.82) is 0 Å². The van der Waals surface area contributed by atoms with Crippen molar-refractivity contribution in [2.45, 2.75) is 43.5 Å². The summed E-state index contributed by atoms with van der Waals surface area (Å²) >= 11 is 9.86. The minimum absolute atomic E-state index is 0.134. The summed E-state index contributed by atoms with van der Waals surface area (Å²) in [6, 6.07) is 0. The molecule has 0 radical (unpaired) electrons. The maximum atomic E-state index is 6.25. The molecule has 1 fully saturated rings. The molecule has 1 saturated carbocycles. The number of methoxy groups -OCH3 is 1. The molecular formula is C12H18BrClN2O. The zero-order chi connectivity index (χ0) is 12.5. The molecule has 0 amide bonds. The lowest BCUT2D eigenvalue weighted by atomic mass is 9.85. The molecule has 2 unspecified atom stereocenters. The molecule has 17 heavy (non-hydrogen) atoms. The van der Waals surface area contributed by atoms with Crippen molar-refractivity contribution in [3.05, 3.63) is 16.4 Å². The second kappa shape index (κ2) is 5.29. The van der Waals surface area contributed by atoms with E-state index in [1.807, 2.05) is 10.9 Å². The Morgan fingerprint density at radius 3 is 3.06 bits per heavy atom. The van der Waals surface area contributed by atoms with Gasteiger partial charge in [0.25, 0.3) is 0 Å². The summed E-state index contributed by atoms with van der Waals surface area (Å²) in [5, 5.41) is 4.70. The Kier molecular flexibility index (Phi) is 4.16. The highest BCUT2D eigenvalue weighted by Crippen LogP contribution is 2.45. The number of hydrogen-bond donors (Lipinski definition) is 0. The van der Waals surface area contributed by atoms with E-state index in [0.717, 1.165) is 30.3 Å². The minimum atomic E-state index is 0.134. The zero-order valence-corrected chi connectivity index (χ0v) is 12.6. The molecular weight excluding hydrogens is 304 g/mol. The van der Waals surface area contributed by atoms with Gasteiger partial charge in [-0.05, 0) is 35.2 Å². The van der Waals surface area contributed by atoms with Crippen LogP contribution in [0.2, 0.25) is 0 Å². The fourth-order valence-electron chi connectivity index (χ4n) is 2.69. The first-order valence-electron chi connectivity index (χ1n) is 5.91. The molecule has 1 aromatic heterocycles. The molecule has 5 heteroatoms. The van der Waals surface area contributed by atoms with Gasteiger partial charge in [-0.15, -0.1) is 11.6 Å². The van der Waals surface area contributed by atoms with Gasteiger partial charge in [-0.25, -0.2) is 0 Å². The lowest BCUT2D eigenvalue weighted by molar-refractivity contribution is 0.180. The third kappa shape index (κ3) is 2.69. The molecule has 96 valence electrons. The molecule has 1 heterocycles. The number of halogens is 2. The highest BCUT2D eigenvalue weighted by molar-refractivity contribution is 9.10. The van der Waals surface area contributed by atoms with Crippen LogP contribution in [0.1, 0.15) is 31.9 Å². The van der Waals surface area contributed by atoms with Gasteiger partial charge in [0.2, 0.25) is 0 Å². The lowest BCUT2D eigenvalue weighted by Crippen LogP contribution is -2.24. The molecule has 2 rings (SSSR count). The third-order valence-corrected chi connectivity index (χ3v) is 4.51. The molecule has 0 bridgehead atoms. The molecule has 0 saturated heterocycles. The Labute approximate surface area is 116 Å². The Morgan fingerprint density at radius 2 is 2.47 bits per heavy atom. The number of rotatable bonds is 4. The van der Waals surface area contributed by atoms with Crippen molar-refractivity contribution in [2.75, 3.05) is 13.7 Å². The van der Waals surface area contributed by atoms with E-state index in [2.05, 4.69) is 28.0 Å². The number of alkyl halides is 1. The predicted octanol–water partition coefficient (Wildman–Crippen LogP) is 3.34. The first-order chi connectivity index (χ1) is 8.07. The van der Waals surface area contributed by atoms with E-state index in [1.54, 1.807) is 7.11 Å². The third-order valence-electron chi connectivity index (χ3n) is 3.56. The van der Waals surface area contributed by atoms with Crippen LogP contribution in [0.15, 0.2) is 10.7 Å². The van der Waals surface area contributed by atoms with E-state index in [1.165, 1.54) is 5.69 Å². The van der Waals surface area contributed by atoms with Crippen LogP contribution in [0.5, 0.6) is 0 Å². The maximum Gasteiger partial charge on any atom is 0.0659 e. The standard InChI is InChI=1S/C12H18BrClN2O/c1-12(4-3-9(14)7-12)11-10(13)8-15-16(11)5-6-17-2/h8-9H,3-7H2,1-2H3. The molecule has 0 N–H and O–H groups in total. The predicted molar refractivity (Wildman–Crippen MR) is 72.6 cm³/mol. The van der Waals surface area contributed by atoms with Crippen molar-refractivity contribution in [1.82, 2.24) is 9.78 Å². The summed E-state index contributed by atoms with van der Waals surface area (Å²) in [4.78, 5) is 0. The monoisotopic (exact) mass is 320 g/mol. The normalized spacial score (nSPS) is 28.8. The van der Waals surface area contributed by atoms with Crippen LogP contribution in [0.3, 0.4) is 0 Å². The summed E-state index contributed by atoms with van der Waals surface area (Å²) in [6.45, 7) is 3.75. The molecule has 0 spiro atoms. The number of aromatic nitrogens is 2. The highest BCUT2D eigenvalue weighted by Gasteiger charge is 2.39. The molecule has 0 aliphatic heterocycles. The van der Waals surface area contributed by atoms with E-state index >= 15 is 0 Å². The van der Waals surface area contributed by atoms with Crippen molar-refractivity contribution < 1.29 is 4.74 Å². The Hall–Kier alpha value is -0.0600. The minimum Gasteiger partial charge on any atom is -0.383 e. The smallest absolute Gasteiger partial charge is 0.0659 e. The van der Waals surface area contributed by atoms with Gasteiger partial charge in [-0.2, -0.15) is 5.10 Å². The van der Waals surface area contributed by atoms with E-state index in [4.69, 9.17) is 16.3 Å². The van der Waals surface area contributed by atoms with Gasteiger partial charge in [0, 0.05) is 17.9 Å². The zero-order valence-electron chi connectivity index (χ0n) is 10.2. The Bertz CT molecular complexity index is 396. The fraction of sp³-hybridized carbons (Fsp3) is 0.750. The van der Waals surface area contributed by atoms with Gasteiger partial charge >= 0.3 is 0 Å². The Balaban J connectivity index is 2.27. The summed E-state index contributed by atoms with van der Waals surface area (Å²) in [5.41, 5.74) is 1.40. The molecule has 0 aromatic carbocycles. The Morgan fingerprint density at radius 1 is 1.71 bits per heavy atom. The lowest BCUT2D eigenvalue weighted by Gasteiger charge is -2.25. The second-order valence-corrected chi connectivity index (χ2v) is 6.43. The highest BCUT2D eigenvalue weighted by atomic mass is 79.9. The van der Waals surface area contributed by atoms with Gasteiger partial charge in [0.1, 0.15) is 0 Å². The van der Waals surface area contributed by atoms with Gasteiger partial charge in [-0.1, -0.05) is 6.92 Å². The van der Waals surface area contributed by atoms with Gasteiger partial charge in [-0.3, -0.25) is 4.68 Å². The topological polar surface area (TPSA) is 27.1 Å². The maximum absolute atomic E-state index is 6.25. The van der Waals surface area contributed by atoms with Crippen molar-refractivity contribution in [2.24, 2.45) is 0 Å². The molecule has 3 nitrogen and oxygen atoms in total. The van der Waals surface area contributed by atoms with Crippen LogP contribution in [-0.4, -0.2) is 28.9 Å². The molecule has 1 aliphatic rings. The quantitative estimate of drug-likeness (QED) is 0.795. The molecule has 1 aromatic rings. The SMILES string of the molecule is COCCn1ncc(Br)c1C1(C)CCC(Cl)C1. The van der Waals surface area contributed by atoms with E-state index in [0.29, 0.717) is 6.61 Å². The van der Waals surface area contributed by atoms with Gasteiger partial charge in [0.15, 0.2) is 0 Å². The largest absolute Gasteiger partial charge is 0.383 e. The van der Waals surface area contributed by atoms with Crippen molar-refractivity contribution >= 4 is 27.5 Å². The first-order valence-corrected chi connectivity index (χ1v) is 7.14. The van der Waals surface area contributed by atoms with Crippen LogP contribution < -0.4 is 0 Å². The van der Waals surface area contributed by atoms with Crippen LogP contribution in [0, 0.1) is 0 Å². The van der Waals surface area contributed by atoms with Crippen LogP contribution in [0.4, 0.5) is 0 Å². The van der Waals surface area contributed by atoms with E-state index in [9.17, 15) is 0 Å². The fourth-order valence-corrected chi connectivity index (χ4v) is 3.92. The van der Waals surface area contributed by atoms with Crippen molar-refractivity contribution in [3.8, 4) is 0 Å². The van der Waals surface area contributed by atoms with Crippen LogP contribution in [-0.2, 0) is 16.7 Å².